The number of unbranched alkanes of at least 4 members (excludes halogenated alkanes) is 4. The van der Waals surface area contributed by atoms with Crippen LogP contribution in [0.5, 0.6) is 5.75 Å². The maximum Gasteiger partial charge on any atom is 0.330 e. The molecule has 0 saturated carbocycles. The summed E-state index contributed by atoms with van der Waals surface area (Å²) in [5.41, 5.74) is 0.943. The molecule has 0 atom stereocenters. The third kappa shape index (κ3) is 8.50. The van der Waals surface area contributed by atoms with Crippen molar-refractivity contribution >= 4 is 12.0 Å². The Balaban J connectivity index is 2.38. The highest BCUT2D eigenvalue weighted by atomic mass is 16.5. The van der Waals surface area contributed by atoms with Crippen LogP contribution in [0.25, 0.3) is 6.08 Å². The van der Waals surface area contributed by atoms with Gasteiger partial charge in [-0.25, -0.2) is 4.79 Å². The SMILES string of the molecule is CCCCCCOc1cccc(C=CC(=O)OCCCC)c1. The molecule has 22 heavy (non-hydrogen) atoms. The number of hydrogen-bond donors (Lipinski definition) is 0. The second-order valence-electron chi connectivity index (χ2n) is 5.34. The van der Waals surface area contributed by atoms with Gasteiger partial charge in [-0.15, -0.1) is 0 Å². The summed E-state index contributed by atoms with van der Waals surface area (Å²) >= 11 is 0. The van der Waals surface area contributed by atoms with E-state index in [9.17, 15) is 4.79 Å². The van der Waals surface area contributed by atoms with E-state index in [4.69, 9.17) is 9.47 Å². The summed E-state index contributed by atoms with van der Waals surface area (Å²) in [5, 5.41) is 0. The Labute approximate surface area is 134 Å². The zero-order valence-corrected chi connectivity index (χ0v) is 13.8. The Kier molecular flexibility index (Phi) is 9.84. The van der Waals surface area contributed by atoms with Gasteiger partial charge in [0.2, 0.25) is 0 Å². The maximum atomic E-state index is 11.5. The number of benzene rings is 1. The third-order valence-corrected chi connectivity index (χ3v) is 3.28. The molecule has 0 heterocycles. The first-order valence-electron chi connectivity index (χ1n) is 8.34. The zero-order valence-electron chi connectivity index (χ0n) is 13.8. The Morgan fingerprint density at radius 2 is 1.86 bits per heavy atom. The normalized spacial score (nSPS) is 10.8. The standard InChI is InChI=1S/C19H28O3/c1-3-5-7-8-15-21-18-11-9-10-17(16-18)12-13-19(20)22-14-6-4-2/h9-13,16H,3-8,14-15H2,1-2H3. The van der Waals surface area contributed by atoms with Gasteiger partial charge in [0.25, 0.3) is 0 Å². The van der Waals surface area contributed by atoms with Gasteiger partial charge in [0.1, 0.15) is 5.75 Å². The molecule has 0 aromatic heterocycles. The van der Waals surface area contributed by atoms with Crippen LogP contribution < -0.4 is 4.74 Å². The van der Waals surface area contributed by atoms with E-state index in [0.29, 0.717) is 6.61 Å². The lowest BCUT2D eigenvalue weighted by molar-refractivity contribution is -0.137. The monoisotopic (exact) mass is 304 g/mol. The van der Waals surface area contributed by atoms with E-state index in [2.05, 4.69) is 13.8 Å². The van der Waals surface area contributed by atoms with Gasteiger partial charge in [-0.2, -0.15) is 0 Å². The van der Waals surface area contributed by atoms with Gasteiger partial charge in [-0.1, -0.05) is 51.7 Å². The molecule has 3 nitrogen and oxygen atoms in total. The zero-order chi connectivity index (χ0) is 16.0. The van der Waals surface area contributed by atoms with Crippen LogP contribution in [0, 0.1) is 0 Å². The van der Waals surface area contributed by atoms with E-state index < -0.39 is 0 Å². The van der Waals surface area contributed by atoms with Crippen LogP contribution in [0.2, 0.25) is 0 Å². The second kappa shape index (κ2) is 11.8. The largest absolute Gasteiger partial charge is 0.494 e. The average Bonchev–Trinajstić information content (AvgIpc) is 2.53. The number of carbonyl (C=O) groups is 1. The fourth-order valence-corrected chi connectivity index (χ4v) is 1.96. The summed E-state index contributed by atoms with van der Waals surface area (Å²) in [5.74, 6) is 0.553. The minimum absolute atomic E-state index is 0.292. The molecule has 0 radical (unpaired) electrons. The highest BCUT2D eigenvalue weighted by Gasteiger charge is 1.98. The Morgan fingerprint density at radius 1 is 1.05 bits per heavy atom. The van der Waals surface area contributed by atoms with Crippen molar-refractivity contribution in [1.29, 1.82) is 0 Å². The van der Waals surface area contributed by atoms with Gasteiger partial charge in [-0.05, 0) is 36.6 Å². The fraction of sp³-hybridized carbons (Fsp3) is 0.526. The average molecular weight is 304 g/mol. The van der Waals surface area contributed by atoms with Crippen LogP contribution in [-0.2, 0) is 9.53 Å². The van der Waals surface area contributed by atoms with Crippen molar-refractivity contribution in [2.75, 3.05) is 13.2 Å². The molecular weight excluding hydrogens is 276 g/mol. The van der Waals surface area contributed by atoms with Crippen molar-refractivity contribution in [1.82, 2.24) is 0 Å². The highest BCUT2D eigenvalue weighted by molar-refractivity contribution is 5.87. The molecule has 0 spiro atoms. The molecule has 122 valence electrons. The third-order valence-electron chi connectivity index (χ3n) is 3.28. The number of ether oxygens (including phenoxy) is 2. The van der Waals surface area contributed by atoms with E-state index in [0.717, 1.165) is 37.2 Å². The van der Waals surface area contributed by atoms with Crippen LogP contribution in [-0.4, -0.2) is 19.2 Å². The quantitative estimate of drug-likeness (QED) is 0.328. The van der Waals surface area contributed by atoms with E-state index in [1.165, 1.54) is 25.3 Å². The summed E-state index contributed by atoms with van der Waals surface area (Å²) in [6.45, 7) is 5.49. The molecule has 0 aliphatic heterocycles. The molecule has 0 amide bonds. The molecule has 0 fully saturated rings. The Bertz CT molecular complexity index is 452. The maximum absolute atomic E-state index is 11.5. The fourth-order valence-electron chi connectivity index (χ4n) is 1.96. The molecule has 0 saturated heterocycles. The van der Waals surface area contributed by atoms with Gasteiger partial charge in [0.15, 0.2) is 0 Å². The molecule has 0 N–H and O–H groups in total. The van der Waals surface area contributed by atoms with Crippen LogP contribution in [0.1, 0.15) is 57.9 Å². The van der Waals surface area contributed by atoms with Crippen molar-refractivity contribution in [2.45, 2.75) is 52.4 Å². The van der Waals surface area contributed by atoms with Gasteiger partial charge >= 0.3 is 5.97 Å². The lowest BCUT2D eigenvalue weighted by Crippen LogP contribution is -2.01. The minimum atomic E-state index is -0.292. The van der Waals surface area contributed by atoms with Crippen LogP contribution in [0.3, 0.4) is 0 Å². The summed E-state index contributed by atoms with van der Waals surface area (Å²) < 4.78 is 10.8. The van der Waals surface area contributed by atoms with Crippen LogP contribution in [0.4, 0.5) is 0 Å². The first-order chi connectivity index (χ1) is 10.8. The van der Waals surface area contributed by atoms with Crippen molar-refractivity contribution in [3.05, 3.63) is 35.9 Å². The summed E-state index contributed by atoms with van der Waals surface area (Å²) in [6.07, 6.45) is 9.93. The van der Waals surface area contributed by atoms with E-state index in [1.54, 1.807) is 6.08 Å². The predicted octanol–water partition coefficient (Wildman–Crippen LogP) is 5.00. The molecule has 3 heteroatoms. The van der Waals surface area contributed by atoms with Crippen molar-refractivity contribution in [3.63, 3.8) is 0 Å². The lowest BCUT2D eigenvalue weighted by atomic mass is 10.2. The topological polar surface area (TPSA) is 35.5 Å². The Hall–Kier alpha value is -1.77. The van der Waals surface area contributed by atoms with E-state index in [-0.39, 0.29) is 5.97 Å². The molecule has 0 aliphatic rings. The molecule has 1 aromatic rings. The van der Waals surface area contributed by atoms with E-state index in [1.807, 2.05) is 24.3 Å². The summed E-state index contributed by atoms with van der Waals surface area (Å²) in [6, 6.07) is 7.76. The minimum Gasteiger partial charge on any atom is -0.494 e. The van der Waals surface area contributed by atoms with E-state index >= 15 is 0 Å². The van der Waals surface area contributed by atoms with Gasteiger partial charge < -0.3 is 9.47 Å². The summed E-state index contributed by atoms with van der Waals surface area (Å²) in [7, 11) is 0. The molecule has 1 rings (SSSR count). The summed E-state index contributed by atoms with van der Waals surface area (Å²) in [4.78, 5) is 11.5. The second-order valence-corrected chi connectivity index (χ2v) is 5.34. The number of hydrogen-bond acceptors (Lipinski definition) is 3. The number of carbonyl (C=O) groups excluding carboxylic acids is 1. The van der Waals surface area contributed by atoms with Crippen LogP contribution in [0.15, 0.2) is 30.3 Å². The first kappa shape index (κ1) is 18.3. The van der Waals surface area contributed by atoms with Gasteiger partial charge in [-0.3, -0.25) is 0 Å². The first-order valence-corrected chi connectivity index (χ1v) is 8.34. The predicted molar refractivity (Wildman–Crippen MR) is 91.0 cm³/mol. The van der Waals surface area contributed by atoms with Crippen molar-refractivity contribution < 1.29 is 14.3 Å². The van der Waals surface area contributed by atoms with Crippen molar-refractivity contribution in [3.8, 4) is 5.75 Å². The number of rotatable bonds is 11. The van der Waals surface area contributed by atoms with Gasteiger partial charge in [0.05, 0.1) is 13.2 Å². The molecule has 1 aromatic carbocycles. The highest BCUT2D eigenvalue weighted by Crippen LogP contribution is 2.15. The lowest BCUT2D eigenvalue weighted by Gasteiger charge is -2.06. The molecule has 0 bridgehead atoms. The van der Waals surface area contributed by atoms with Gasteiger partial charge in [0, 0.05) is 6.08 Å². The molecule has 0 unspecified atom stereocenters. The Morgan fingerprint density at radius 3 is 2.64 bits per heavy atom. The smallest absolute Gasteiger partial charge is 0.330 e. The van der Waals surface area contributed by atoms with Crippen LogP contribution >= 0.6 is 0 Å². The molecule has 0 aliphatic carbocycles. The van der Waals surface area contributed by atoms with Crippen molar-refractivity contribution in [2.24, 2.45) is 0 Å². The molecular formula is C19H28O3. The number of esters is 1.